The molecule has 0 spiro atoms. The number of nitrogens with one attached hydrogen (secondary N) is 1. The molecule has 3 nitrogen and oxygen atoms in total. The van der Waals surface area contributed by atoms with Crippen molar-refractivity contribution in [2.45, 2.75) is 46.0 Å². The van der Waals surface area contributed by atoms with Crippen LogP contribution in [0.15, 0.2) is 18.3 Å². The summed E-state index contributed by atoms with van der Waals surface area (Å²) >= 11 is 0. The molecular weight excluding hydrogens is 176 g/mol. The van der Waals surface area contributed by atoms with Crippen molar-refractivity contribution < 1.29 is 5.11 Å². The van der Waals surface area contributed by atoms with Crippen LogP contribution in [-0.4, -0.2) is 21.8 Å². The Kier molecular flexibility index (Phi) is 4.17. The fourth-order valence-corrected chi connectivity index (χ4v) is 1.38. The Morgan fingerprint density at radius 2 is 2.14 bits per heavy atom. The second-order valence-corrected chi connectivity index (χ2v) is 4.04. The highest BCUT2D eigenvalue weighted by Gasteiger charge is 2.03. The molecule has 0 aliphatic heterocycles. The highest BCUT2D eigenvalue weighted by Crippen LogP contribution is 2.03. The van der Waals surface area contributed by atoms with Gasteiger partial charge in [0.25, 0.3) is 0 Å². The minimum Gasteiger partial charge on any atom is -0.392 e. The SMILES string of the molecule is CC(O)Cn1cccc1CNC(C)C. The largest absolute Gasteiger partial charge is 0.392 e. The minimum absolute atomic E-state index is 0.291. The van der Waals surface area contributed by atoms with Gasteiger partial charge in [0.2, 0.25) is 0 Å². The van der Waals surface area contributed by atoms with Crippen LogP contribution in [0.5, 0.6) is 0 Å². The number of nitrogens with zero attached hydrogens (tertiary/aromatic N) is 1. The predicted octanol–water partition coefficient (Wildman–Crippen LogP) is 1.37. The molecule has 1 heterocycles. The fraction of sp³-hybridized carbons (Fsp3) is 0.636. The second kappa shape index (κ2) is 5.17. The molecule has 1 rings (SSSR count). The lowest BCUT2D eigenvalue weighted by Gasteiger charge is -2.13. The van der Waals surface area contributed by atoms with Crippen LogP contribution in [0.2, 0.25) is 0 Å². The van der Waals surface area contributed by atoms with Crippen LogP contribution in [0.1, 0.15) is 26.5 Å². The molecule has 0 fully saturated rings. The number of aromatic nitrogens is 1. The molecule has 2 N–H and O–H groups in total. The second-order valence-electron chi connectivity index (χ2n) is 4.04. The quantitative estimate of drug-likeness (QED) is 0.746. The van der Waals surface area contributed by atoms with Gasteiger partial charge in [0.1, 0.15) is 0 Å². The molecule has 3 heteroatoms. The van der Waals surface area contributed by atoms with Gasteiger partial charge in [-0.2, -0.15) is 0 Å². The van der Waals surface area contributed by atoms with Gasteiger partial charge in [0.05, 0.1) is 6.10 Å². The topological polar surface area (TPSA) is 37.2 Å². The van der Waals surface area contributed by atoms with Crippen molar-refractivity contribution in [2.24, 2.45) is 0 Å². The van der Waals surface area contributed by atoms with Crippen LogP contribution < -0.4 is 5.32 Å². The van der Waals surface area contributed by atoms with Crippen molar-refractivity contribution in [1.82, 2.24) is 9.88 Å². The van der Waals surface area contributed by atoms with E-state index in [0.717, 1.165) is 6.54 Å². The van der Waals surface area contributed by atoms with Crippen LogP contribution >= 0.6 is 0 Å². The van der Waals surface area contributed by atoms with Crippen molar-refractivity contribution >= 4 is 0 Å². The Balaban J connectivity index is 2.53. The summed E-state index contributed by atoms with van der Waals surface area (Å²) in [5.74, 6) is 0. The Hall–Kier alpha value is -0.800. The third kappa shape index (κ3) is 3.52. The van der Waals surface area contributed by atoms with Gasteiger partial charge in [0.15, 0.2) is 0 Å². The highest BCUT2D eigenvalue weighted by atomic mass is 16.3. The molecule has 0 amide bonds. The Bertz CT molecular complexity index is 266. The van der Waals surface area contributed by atoms with Crippen LogP contribution in [0.4, 0.5) is 0 Å². The van der Waals surface area contributed by atoms with Crippen molar-refractivity contribution in [3.05, 3.63) is 24.0 Å². The van der Waals surface area contributed by atoms with Gasteiger partial charge in [-0.1, -0.05) is 13.8 Å². The van der Waals surface area contributed by atoms with Crippen LogP contribution in [0.25, 0.3) is 0 Å². The Morgan fingerprint density at radius 1 is 1.43 bits per heavy atom. The molecule has 0 saturated heterocycles. The van der Waals surface area contributed by atoms with Gasteiger partial charge in [-0.25, -0.2) is 0 Å². The van der Waals surface area contributed by atoms with E-state index in [2.05, 4.69) is 29.8 Å². The molecule has 1 aromatic heterocycles. The third-order valence-electron chi connectivity index (χ3n) is 2.08. The number of aliphatic hydroxyl groups is 1. The lowest BCUT2D eigenvalue weighted by Crippen LogP contribution is -2.24. The molecule has 1 aromatic rings. The summed E-state index contributed by atoms with van der Waals surface area (Å²) in [6, 6.07) is 4.59. The number of aliphatic hydroxyl groups excluding tert-OH is 1. The van der Waals surface area contributed by atoms with Gasteiger partial charge in [-0.05, 0) is 19.1 Å². The predicted molar refractivity (Wildman–Crippen MR) is 58.1 cm³/mol. The number of hydrogen-bond donors (Lipinski definition) is 2. The minimum atomic E-state index is -0.291. The Morgan fingerprint density at radius 3 is 2.71 bits per heavy atom. The maximum atomic E-state index is 9.28. The normalized spacial score (nSPS) is 13.5. The Labute approximate surface area is 85.7 Å². The molecule has 0 radical (unpaired) electrons. The van der Waals surface area contributed by atoms with E-state index in [0.29, 0.717) is 12.6 Å². The number of rotatable bonds is 5. The standard InChI is InChI=1S/C11H20N2O/c1-9(2)12-7-11-5-4-6-13(11)8-10(3)14/h4-6,9-10,12,14H,7-8H2,1-3H3. The van der Waals surface area contributed by atoms with E-state index in [1.54, 1.807) is 6.92 Å². The van der Waals surface area contributed by atoms with E-state index in [1.165, 1.54) is 5.69 Å². The highest BCUT2D eigenvalue weighted by molar-refractivity contribution is 5.07. The first-order valence-corrected chi connectivity index (χ1v) is 5.15. The van der Waals surface area contributed by atoms with Gasteiger partial charge in [-0.15, -0.1) is 0 Å². The van der Waals surface area contributed by atoms with Crippen molar-refractivity contribution in [3.63, 3.8) is 0 Å². The zero-order valence-electron chi connectivity index (χ0n) is 9.20. The van der Waals surface area contributed by atoms with E-state index < -0.39 is 0 Å². The monoisotopic (exact) mass is 196 g/mol. The third-order valence-corrected chi connectivity index (χ3v) is 2.08. The summed E-state index contributed by atoms with van der Waals surface area (Å²) in [5.41, 5.74) is 1.22. The van der Waals surface area contributed by atoms with Crippen molar-refractivity contribution in [3.8, 4) is 0 Å². The van der Waals surface area contributed by atoms with E-state index in [9.17, 15) is 5.11 Å². The molecule has 0 aliphatic rings. The molecule has 1 atom stereocenters. The van der Waals surface area contributed by atoms with E-state index >= 15 is 0 Å². The first kappa shape index (κ1) is 11.3. The van der Waals surface area contributed by atoms with E-state index in [1.807, 2.05) is 12.3 Å². The summed E-state index contributed by atoms with van der Waals surface area (Å²) in [5, 5.41) is 12.6. The molecule has 0 aromatic carbocycles. The summed E-state index contributed by atoms with van der Waals surface area (Å²) in [4.78, 5) is 0. The molecule has 0 aliphatic carbocycles. The van der Waals surface area contributed by atoms with Crippen molar-refractivity contribution in [2.75, 3.05) is 0 Å². The lowest BCUT2D eigenvalue weighted by molar-refractivity contribution is 0.172. The summed E-state index contributed by atoms with van der Waals surface area (Å²) in [6.07, 6.45) is 1.71. The molecule has 14 heavy (non-hydrogen) atoms. The van der Waals surface area contributed by atoms with E-state index in [4.69, 9.17) is 0 Å². The van der Waals surface area contributed by atoms with Crippen LogP contribution in [-0.2, 0) is 13.1 Å². The van der Waals surface area contributed by atoms with Gasteiger partial charge < -0.3 is 15.0 Å². The molecule has 0 saturated carbocycles. The lowest BCUT2D eigenvalue weighted by atomic mass is 10.3. The first-order chi connectivity index (χ1) is 6.59. The zero-order valence-corrected chi connectivity index (χ0v) is 9.20. The van der Waals surface area contributed by atoms with Gasteiger partial charge in [0, 0.05) is 31.0 Å². The maximum absolute atomic E-state index is 9.28. The van der Waals surface area contributed by atoms with Crippen LogP contribution in [0, 0.1) is 0 Å². The summed E-state index contributed by atoms with van der Waals surface area (Å²) < 4.78 is 2.08. The van der Waals surface area contributed by atoms with Crippen LogP contribution in [0.3, 0.4) is 0 Å². The van der Waals surface area contributed by atoms with E-state index in [-0.39, 0.29) is 6.10 Å². The zero-order chi connectivity index (χ0) is 10.6. The average Bonchev–Trinajstić information content (AvgIpc) is 2.47. The molecule has 1 unspecified atom stereocenters. The fourth-order valence-electron chi connectivity index (χ4n) is 1.38. The molecule has 80 valence electrons. The summed E-state index contributed by atoms with van der Waals surface area (Å²) in [6.45, 7) is 7.59. The van der Waals surface area contributed by atoms with Gasteiger partial charge >= 0.3 is 0 Å². The maximum Gasteiger partial charge on any atom is 0.0690 e. The van der Waals surface area contributed by atoms with Gasteiger partial charge in [-0.3, -0.25) is 0 Å². The molecule has 0 bridgehead atoms. The van der Waals surface area contributed by atoms with Crippen molar-refractivity contribution in [1.29, 1.82) is 0 Å². The first-order valence-electron chi connectivity index (χ1n) is 5.15. The molecular formula is C11H20N2O. The average molecular weight is 196 g/mol. The smallest absolute Gasteiger partial charge is 0.0690 e. The number of hydrogen-bond acceptors (Lipinski definition) is 2. The summed E-state index contributed by atoms with van der Waals surface area (Å²) in [7, 11) is 0.